The molecule has 0 aliphatic rings. The molecule has 21 heavy (non-hydrogen) atoms. The van der Waals surface area contributed by atoms with Crippen LogP contribution < -0.4 is 15.2 Å². The third-order valence-corrected chi connectivity index (χ3v) is 4.24. The molecule has 0 saturated heterocycles. The van der Waals surface area contributed by atoms with Gasteiger partial charge in [-0.1, -0.05) is 6.07 Å². The zero-order valence-electron chi connectivity index (χ0n) is 11.6. The van der Waals surface area contributed by atoms with Gasteiger partial charge in [-0.25, -0.2) is 0 Å². The third-order valence-electron chi connectivity index (χ3n) is 2.84. The first kappa shape index (κ1) is 15.7. The summed E-state index contributed by atoms with van der Waals surface area (Å²) in [7, 11) is 1.61. The number of hydrogen-bond donors (Lipinski definition) is 2. The molecule has 0 unspecified atom stereocenters. The van der Waals surface area contributed by atoms with Crippen molar-refractivity contribution in [2.24, 2.45) is 5.73 Å². The molecule has 0 saturated carbocycles. The van der Waals surface area contributed by atoms with Crippen LogP contribution in [0.25, 0.3) is 0 Å². The van der Waals surface area contributed by atoms with Crippen LogP contribution in [0.4, 0.5) is 0 Å². The lowest BCUT2D eigenvalue weighted by molar-refractivity contribution is 0.412. The summed E-state index contributed by atoms with van der Waals surface area (Å²) in [5, 5.41) is 7.76. The minimum atomic E-state index is -0.0143. The maximum atomic E-state index is 7.76. The van der Waals surface area contributed by atoms with E-state index in [0.29, 0.717) is 17.1 Å². The zero-order valence-corrected chi connectivity index (χ0v) is 14.0. The maximum absolute atomic E-state index is 7.76. The van der Waals surface area contributed by atoms with Crippen molar-refractivity contribution in [1.29, 1.82) is 5.41 Å². The minimum absolute atomic E-state index is 0.0143. The summed E-state index contributed by atoms with van der Waals surface area (Å²) >= 11 is 4.97. The first-order valence-electron chi connectivity index (χ1n) is 6.09. The Bertz CT molecular complexity index is 677. The molecular weight excluding hydrogens is 352 g/mol. The summed E-state index contributed by atoms with van der Waals surface area (Å²) in [5.41, 5.74) is 6.29. The molecule has 0 radical (unpaired) electrons. The Balaban J connectivity index is 2.42. The van der Waals surface area contributed by atoms with Crippen LogP contribution in [0, 0.1) is 5.41 Å². The molecule has 2 aromatic carbocycles. The minimum Gasteiger partial charge on any atom is -0.497 e. The van der Waals surface area contributed by atoms with Crippen LogP contribution in [0.2, 0.25) is 0 Å². The topological polar surface area (TPSA) is 68.3 Å². The quantitative estimate of drug-likeness (QED) is 0.471. The predicted molar refractivity (Wildman–Crippen MR) is 90.0 cm³/mol. The Morgan fingerprint density at radius 3 is 2.57 bits per heavy atom. The van der Waals surface area contributed by atoms with E-state index in [1.807, 2.05) is 30.5 Å². The number of amidine groups is 1. The van der Waals surface area contributed by atoms with Crippen LogP contribution in [0.1, 0.15) is 5.56 Å². The Morgan fingerprint density at radius 2 is 2.00 bits per heavy atom. The lowest BCUT2D eigenvalue weighted by atomic mass is 10.2. The Labute approximate surface area is 136 Å². The van der Waals surface area contributed by atoms with Crippen molar-refractivity contribution in [2.45, 2.75) is 4.90 Å². The number of nitrogen functional groups attached to an aromatic ring is 1. The molecule has 4 nitrogen and oxygen atoms in total. The highest BCUT2D eigenvalue weighted by Gasteiger charge is 2.14. The van der Waals surface area contributed by atoms with Gasteiger partial charge in [-0.15, -0.1) is 11.8 Å². The van der Waals surface area contributed by atoms with Gasteiger partial charge in [0.1, 0.15) is 23.1 Å². The number of thioether (sulfide) groups is 1. The maximum Gasteiger partial charge on any atom is 0.141 e. The summed E-state index contributed by atoms with van der Waals surface area (Å²) in [5.74, 6) is 1.91. The molecule has 0 spiro atoms. The normalized spacial score (nSPS) is 10.2. The van der Waals surface area contributed by atoms with Crippen molar-refractivity contribution in [2.75, 3.05) is 13.4 Å². The number of halogens is 1. The van der Waals surface area contributed by atoms with E-state index in [2.05, 4.69) is 15.9 Å². The fraction of sp³-hybridized carbons (Fsp3) is 0.133. The van der Waals surface area contributed by atoms with Gasteiger partial charge in [-0.3, -0.25) is 5.41 Å². The van der Waals surface area contributed by atoms with Crippen LogP contribution in [0.5, 0.6) is 17.2 Å². The van der Waals surface area contributed by atoms with E-state index in [-0.39, 0.29) is 5.84 Å². The second-order valence-corrected chi connectivity index (χ2v) is 5.85. The van der Waals surface area contributed by atoms with Crippen LogP contribution in [0.15, 0.2) is 45.8 Å². The van der Waals surface area contributed by atoms with E-state index < -0.39 is 0 Å². The van der Waals surface area contributed by atoms with Gasteiger partial charge < -0.3 is 15.2 Å². The largest absolute Gasteiger partial charge is 0.497 e. The summed E-state index contributed by atoms with van der Waals surface area (Å²) in [6, 6.07) is 11.0. The van der Waals surface area contributed by atoms with Crippen molar-refractivity contribution >= 4 is 33.5 Å². The number of nitrogens with two attached hydrogens (primary N) is 1. The fourth-order valence-electron chi connectivity index (χ4n) is 1.84. The first-order valence-corrected chi connectivity index (χ1v) is 8.11. The first-order chi connectivity index (χ1) is 10.1. The Hall–Kier alpha value is -1.66. The molecule has 3 N–H and O–H groups in total. The van der Waals surface area contributed by atoms with Gasteiger partial charge >= 0.3 is 0 Å². The molecule has 0 aliphatic carbocycles. The molecule has 2 rings (SSSR count). The molecule has 0 heterocycles. The highest BCUT2D eigenvalue weighted by atomic mass is 79.9. The summed E-state index contributed by atoms with van der Waals surface area (Å²) in [6.07, 6.45) is 1.94. The Morgan fingerprint density at radius 1 is 1.24 bits per heavy atom. The molecule has 0 aromatic heterocycles. The zero-order chi connectivity index (χ0) is 15.4. The molecule has 0 aliphatic heterocycles. The van der Waals surface area contributed by atoms with Crippen LogP contribution in [-0.2, 0) is 0 Å². The van der Waals surface area contributed by atoms with Crippen LogP contribution >= 0.6 is 27.7 Å². The number of hydrogen-bond acceptors (Lipinski definition) is 4. The van der Waals surface area contributed by atoms with E-state index in [1.165, 1.54) is 11.8 Å². The second kappa shape index (κ2) is 6.87. The van der Waals surface area contributed by atoms with Crippen molar-refractivity contribution in [3.8, 4) is 17.2 Å². The molecule has 0 atom stereocenters. The molecule has 0 fully saturated rings. The molecular formula is C15H15BrN2O2S. The third kappa shape index (κ3) is 3.51. The van der Waals surface area contributed by atoms with Crippen LogP contribution in [0.3, 0.4) is 0 Å². The summed E-state index contributed by atoms with van der Waals surface area (Å²) in [4.78, 5) is 0.907. The average Bonchev–Trinajstić information content (AvgIpc) is 2.48. The van der Waals surface area contributed by atoms with Crippen molar-refractivity contribution < 1.29 is 9.47 Å². The Kier molecular flexibility index (Phi) is 5.14. The van der Waals surface area contributed by atoms with Gasteiger partial charge in [0.15, 0.2) is 0 Å². The predicted octanol–water partition coefficient (Wildman–Crippen LogP) is 4.26. The van der Waals surface area contributed by atoms with E-state index in [1.54, 1.807) is 19.2 Å². The molecule has 2 aromatic rings. The highest BCUT2D eigenvalue weighted by Crippen LogP contribution is 2.36. The number of rotatable bonds is 5. The summed E-state index contributed by atoms with van der Waals surface area (Å²) in [6.45, 7) is 0. The van der Waals surface area contributed by atoms with Crippen molar-refractivity contribution in [1.82, 2.24) is 0 Å². The smallest absolute Gasteiger partial charge is 0.141 e. The molecule has 0 amide bonds. The number of methoxy groups -OCH3 is 1. The molecule has 110 valence electrons. The molecule has 6 heteroatoms. The SMILES string of the molecule is COc1ccc(Oc2cccc(SC)c2C(=N)N)c(Br)c1. The van der Waals surface area contributed by atoms with Gasteiger partial charge in [-0.2, -0.15) is 0 Å². The second-order valence-electron chi connectivity index (χ2n) is 4.15. The van der Waals surface area contributed by atoms with Gasteiger partial charge in [0.25, 0.3) is 0 Å². The van der Waals surface area contributed by atoms with Crippen molar-refractivity contribution in [3.63, 3.8) is 0 Å². The van der Waals surface area contributed by atoms with E-state index in [0.717, 1.165) is 15.1 Å². The number of benzene rings is 2. The van der Waals surface area contributed by atoms with E-state index in [9.17, 15) is 0 Å². The number of ether oxygens (including phenoxy) is 2. The lowest BCUT2D eigenvalue weighted by Crippen LogP contribution is -2.13. The van der Waals surface area contributed by atoms with Gasteiger partial charge in [-0.05, 0) is 52.5 Å². The fourth-order valence-corrected chi connectivity index (χ4v) is 2.91. The van der Waals surface area contributed by atoms with Crippen LogP contribution in [-0.4, -0.2) is 19.2 Å². The monoisotopic (exact) mass is 366 g/mol. The van der Waals surface area contributed by atoms with Gasteiger partial charge in [0.05, 0.1) is 17.1 Å². The standard InChI is InChI=1S/C15H15BrN2O2S/c1-19-9-6-7-11(10(16)8-9)20-12-4-3-5-13(21-2)14(12)15(17)18/h3-8H,1-2H3,(H3,17,18). The van der Waals surface area contributed by atoms with E-state index in [4.69, 9.17) is 20.6 Å². The lowest BCUT2D eigenvalue weighted by Gasteiger charge is -2.14. The number of nitrogens with one attached hydrogen (secondary N) is 1. The van der Waals surface area contributed by atoms with Gasteiger partial charge in [0.2, 0.25) is 0 Å². The average molecular weight is 367 g/mol. The van der Waals surface area contributed by atoms with Crippen molar-refractivity contribution in [3.05, 3.63) is 46.4 Å². The molecule has 0 bridgehead atoms. The van der Waals surface area contributed by atoms with Gasteiger partial charge in [0, 0.05) is 4.90 Å². The van der Waals surface area contributed by atoms with E-state index >= 15 is 0 Å². The summed E-state index contributed by atoms with van der Waals surface area (Å²) < 4.78 is 11.8. The highest BCUT2D eigenvalue weighted by molar-refractivity contribution is 9.10.